The lowest BCUT2D eigenvalue weighted by atomic mass is 10.2. The third-order valence-corrected chi connectivity index (χ3v) is 4.11. The van der Waals surface area contributed by atoms with E-state index in [2.05, 4.69) is 14.9 Å². The van der Waals surface area contributed by atoms with Crippen LogP contribution in [0.15, 0.2) is 30.5 Å². The molecule has 3 aromatic heterocycles. The van der Waals surface area contributed by atoms with Crippen molar-refractivity contribution in [1.29, 1.82) is 0 Å². The van der Waals surface area contributed by atoms with E-state index in [4.69, 9.17) is 21.4 Å². The second kappa shape index (κ2) is 5.79. The lowest BCUT2D eigenvalue weighted by molar-refractivity contribution is 0.122. The van der Waals surface area contributed by atoms with Crippen LogP contribution in [0.1, 0.15) is 5.69 Å². The van der Waals surface area contributed by atoms with Gasteiger partial charge in [-0.15, -0.1) is 0 Å². The van der Waals surface area contributed by atoms with E-state index in [-0.39, 0.29) is 0 Å². The summed E-state index contributed by atoms with van der Waals surface area (Å²) >= 11 is 6.20. The lowest BCUT2D eigenvalue weighted by Gasteiger charge is -2.28. The number of rotatable bonds is 2. The van der Waals surface area contributed by atoms with Gasteiger partial charge in [0.1, 0.15) is 11.0 Å². The van der Waals surface area contributed by atoms with Gasteiger partial charge >= 0.3 is 0 Å². The number of hydrogen-bond donors (Lipinski definition) is 0. The molecule has 118 valence electrons. The highest BCUT2D eigenvalue weighted by atomic mass is 35.5. The predicted molar refractivity (Wildman–Crippen MR) is 89.0 cm³/mol. The molecular weight excluding hydrogens is 314 g/mol. The number of pyridine rings is 1. The number of hydrogen-bond acceptors (Lipinski definition) is 5. The average molecular weight is 330 g/mol. The number of aromatic nitrogens is 4. The Morgan fingerprint density at radius 1 is 1.17 bits per heavy atom. The van der Waals surface area contributed by atoms with Crippen molar-refractivity contribution in [2.45, 2.75) is 6.92 Å². The van der Waals surface area contributed by atoms with Crippen molar-refractivity contribution < 1.29 is 4.74 Å². The molecule has 1 aliphatic heterocycles. The molecule has 7 heteroatoms. The maximum absolute atomic E-state index is 6.20. The van der Waals surface area contributed by atoms with Crippen LogP contribution in [-0.2, 0) is 4.74 Å². The summed E-state index contributed by atoms with van der Waals surface area (Å²) in [5, 5.41) is 5.17. The molecule has 6 nitrogen and oxygen atoms in total. The highest BCUT2D eigenvalue weighted by molar-refractivity contribution is 6.29. The lowest BCUT2D eigenvalue weighted by Crippen LogP contribution is -2.37. The second-order valence-electron chi connectivity index (χ2n) is 5.52. The van der Waals surface area contributed by atoms with Crippen LogP contribution in [0.5, 0.6) is 0 Å². The number of aryl methyl sites for hydroxylation is 1. The number of anilines is 1. The van der Waals surface area contributed by atoms with E-state index in [1.807, 2.05) is 41.9 Å². The van der Waals surface area contributed by atoms with Gasteiger partial charge in [0.25, 0.3) is 0 Å². The smallest absolute Gasteiger partial charge is 0.159 e. The monoisotopic (exact) mass is 329 g/mol. The van der Waals surface area contributed by atoms with Gasteiger partial charge in [0, 0.05) is 42.7 Å². The molecule has 4 rings (SSSR count). The highest BCUT2D eigenvalue weighted by Gasteiger charge is 2.17. The number of halogens is 1. The molecular formula is C16H16ClN5O. The molecule has 4 heterocycles. The first-order chi connectivity index (χ1) is 11.2. The van der Waals surface area contributed by atoms with Crippen molar-refractivity contribution in [3.05, 3.63) is 41.3 Å². The number of fused-ring (bicyclic) bond motifs is 1. The molecule has 0 unspecified atom stereocenters. The fourth-order valence-electron chi connectivity index (χ4n) is 2.71. The molecule has 0 N–H and O–H groups in total. The first-order valence-electron chi connectivity index (χ1n) is 7.53. The van der Waals surface area contributed by atoms with Crippen LogP contribution < -0.4 is 4.90 Å². The van der Waals surface area contributed by atoms with Crippen LogP contribution in [0.2, 0.25) is 5.15 Å². The van der Waals surface area contributed by atoms with E-state index in [9.17, 15) is 0 Å². The Morgan fingerprint density at radius 2 is 2.00 bits per heavy atom. The summed E-state index contributed by atoms with van der Waals surface area (Å²) in [7, 11) is 0. The van der Waals surface area contributed by atoms with Gasteiger partial charge < -0.3 is 9.64 Å². The molecule has 3 aromatic rings. The molecule has 0 bridgehead atoms. The Morgan fingerprint density at radius 3 is 2.74 bits per heavy atom. The molecule has 23 heavy (non-hydrogen) atoms. The van der Waals surface area contributed by atoms with Crippen LogP contribution in [0.3, 0.4) is 0 Å². The SMILES string of the molecule is Cc1ccc(-c2cc3nc(Cl)cc(N4CCOCC4)n3n2)cn1. The van der Waals surface area contributed by atoms with Crippen molar-refractivity contribution in [1.82, 2.24) is 19.6 Å². The molecule has 1 fully saturated rings. The summed E-state index contributed by atoms with van der Waals surface area (Å²) in [6, 6.07) is 7.77. The van der Waals surface area contributed by atoms with Crippen LogP contribution in [0.4, 0.5) is 5.82 Å². The summed E-state index contributed by atoms with van der Waals surface area (Å²) < 4.78 is 7.26. The van der Waals surface area contributed by atoms with Crippen LogP contribution in [0, 0.1) is 6.92 Å². The first-order valence-corrected chi connectivity index (χ1v) is 7.90. The van der Waals surface area contributed by atoms with Crippen LogP contribution in [0.25, 0.3) is 16.9 Å². The van der Waals surface area contributed by atoms with Crippen LogP contribution in [-0.4, -0.2) is 45.9 Å². The summed E-state index contributed by atoms with van der Waals surface area (Å²) in [6.45, 7) is 5.01. The average Bonchev–Trinajstić information content (AvgIpc) is 2.99. The molecule has 0 saturated carbocycles. The maximum Gasteiger partial charge on any atom is 0.159 e. The zero-order chi connectivity index (χ0) is 15.8. The largest absolute Gasteiger partial charge is 0.378 e. The van der Waals surface area contributed by atoms with E-state index in [1.54, 1.807) is 0 Å². The van der Waals surface area contributed by atoms with Gasteiger partial charge in [0.05, 0.1) is 18.9 Å². The fourth-order valence-corrected chi connectivity index (χ4v) is 2.89. The number of morpholine rings is 1. The molecule has 0 radical (unpaired) electrons. The van der Waals surface area contributed by atoms with Crippen molar-refractivity contribution in [2.24, 2.45) is 0 Å². The molecule has 0 atom stereocenters. The Hall–Kier alpha value is -2.18. The maximum atomic E-state index is 6.20. The Kier molecular flexibility index (Phi) is 3.63. The van der Waals surface area contributed by atoms with Gasteiger partial charge in [-0.3, -0.25) is 4.98 Å². The van der Waals surface area contributed by atoms with E-state index >= 15 is 0 Å². The third kappa shape index (κ3) is 2.75. The second-order valence-corrected chi connectivity index (χ2v) is 5.91. The van der Waals surface area contributed by atoms with E-state index in [0.29, 0.717) is 18.4 Å². The minimum Gasteiger partial charge on any atom is -0.378 e. The molecule has 1 saturated heterocycles. The quantitative estimate of drug-likeness (QED) is 0.676. The molecule has 0 amide bonds. The Labute approximate surface area is 138 Å². The van der Waals surface area contributed by atoms with Crippen molar-refractivity contribution in [3.8, 4) is 11.3 Å². The van der Waals surface area contributed by atoms with Crippen molar-refractivity contribution in [2.75, 3.05) is 31.2 Å². The van der Waals surface area contributed by atoms with Gasteiger partial charge in [0.2, 0.25) is 0 Å². The fraction of sp³-hybridized carbons (Fsp3) is 0.312. The van der Waals surface area contributed by atoms with Gasteiger partial charge in [-0.2, -0.15) is 9.61 Å². The zero-order valence-electron chi connectivity index (χ0n) is 12.7. The Balaban J connectivity index is 1.82. The number of ether oxygens (including phenoxy) is 1. The third-order valence-electron chi connectivity index (χ3n) is 3.92. The highest BCUT2D eigenvalue weighted by Crippen LogP contribution is 2.25. The Bertz CT molecular complexity index is 840. The van der Waals surface area contributed by atoms with Gasteiger partial charge in [-0.25, -0.2) is 4.98 Å². The van der Waals surface area contributed by atoms with E-state index in [1.165, 1.54) is 0 Å². The van der Waals surface area contributed by atoms with E-state index in [0.717, 1.165) is 41.5 Å². The predicted octanol–water partition coefficient (Wildman–Crippen LogP) is 2.59. The van der Waals surface area contributed by atoms with Crippen LogP contribution >= 0.6 is 11.6 Å². The molecule has 0 aliphatic carbocycles. The van der Waals surface area contributed by atoms with E-state index < -0.39 is 0 Å². The summed E-state index contributed by atoms with van der Waals surface area (Å²) in [5.74, 6) is 0.939. The molecule has 0 spiro atoms. The molecule has 1 aliphatic rings. The minimum atomic E-state index is 0.465. The van der Waals surface area contributed by atoms with Crippen molar-refractivity contribution >= 4 is 23.1 Å². The summed E-state index contributed by atoms with van der Waals surface area (Å²) in [4.78, 5) is 10.9. The first kappa shape index (κ1) is 14.4. The topological polar surface area (TPSA) is 55.6 Å². The molecule has 0 aromatic carbocycles. The van der Waals surface area contributed by atoms with Gasteiger partial charge in [0.15, 0.2) is 5.65 Å². The van der Waals surface area contributed by atoms with Crippen molar-refractivity contribution in [3.63, 3.8) is 0 Å². The standard InChI is InChI=1S/C16H16ClN5O/c1-11-2-3-12(10-18-11)13-8-15-19-14(17)9-16(22(15)20-13)21-4-6-23-7-5-21/h2-3,8-10H,4-7H2,1H3. The normalized spacial score (nSPS) is 15.3. The van der Waals surface area contributed by atoms with Gasteiger partial charge in [-0.05, 0) is 19.1 Å². The minimum absolute atomic E-state index is 0.465. The van der Waals surface area contributed by atoms with Gasteiger partial charge in [-0.1, -0.05) is 11.6 Å². The zero-order valence-corrected chi connectivity index (χ0v) is 13.5. The summed E-state index contributed by atoms with van der Waals surface area (Å²) in [6.07, 6.45) is 1.83. The summed E-state index contributed by atoms with van der Waals surface area (Å²) in [5.41, 5.74) is 3.51. The number of nitrogens with zero attached hydrogens (tertiary/aromatic N) is 5.